The van der Waals surface area contributed by atoms with Crippen molar-refractivity contribution in [1.29, 1.82) is 0 Å². The smallest absolute Gasteiger partial charge is 0.416 e. The lowest BCUT2D eigenvalue weighted by Crippen LogP contribution is -3.00. The molecule has 0 radical (unpaired) electrons. The van der Waals surface area contributed by atoms with Crippen molar-refractivity contribution in [2.45, 2.75) is 19.0 Å². The molecular formula is C29H27F3I2N4. The Balaban J connectivity index is 0.00000200. The average molecular weight is 742 g/mol. The van der Waals surface area contributed by atoms with Crippen LogP contribution in [-0.4, -0.2) is 9.13 Å². The standard InChI is InChI=1S/C29H27F3N4.2HI/c1-33-13-15-35(27(33)17-22-9-5-3-6-10-22)25-19-24(29(30,31)32)20-26(21-25)36-16-14-34(2)28(36)18-23-11-7-4-8-12-23;;/h3-16,19-21H,17-18H2,1-2H3;2*1H/q+2;;/p-2. The number of hydrogen-bond donors (Lipinski definition) is 0. The highest BCUT2D eigenvalue weighted by molar-refractivity contribution is 5.49. The second kappa shape index (κ2) is 12.5. The predicted molar refractivity (Wildman–Crippen MR) is 131 cm³/mol. The van der Waals surface area contributed by atoms with Crippen LogP contribution in [0.25, 0.3) is 11.4 Å². The Morgan fingerprint density at radius 2 is 1.03 bits per heavy atom. The van der Waals surface area contributed by atoms with Gasteiger partial charge in [-0.15, -0.1) is 0 Å². The highest BCUT2D eigenvalue weighted by Crippen LogP contribution is 2.33. The molecule has 2 aromatic heterocycles. The first-order chi connectivity index (χ1) is 17.3. The summed E-state index contributed by atoms with van der Waals surface area (Å²) in [6.07, 6.45) is 4.08. The largest absolute Gasteiger partial charge is 1.00 e. The van der Waals surface area contributed by atoms with Crippen LogP contribution in [0.1, 0.15) is 28.3 Å². The number of benzene rings is 3. The summed E-state index contributed by atoms with van der Waals surface area (Å²) in [5.41, 5.74) is 2.42. The van der Waals surface area contributed by atoms with E-state index < -0.39 is 11.7 Å². The van der Waals surface area contributed by atoms with E-state index in [1.165, 1.54) is 12.1 Å². The highest BCUT2D eigenvalue weighted by atomic mass is 127. The van der Waals surface area contributed by atoms with Crippen LogP contribution in [-0.2, 0) is 33.1 Å². The van der Waals surface area contributed by atoms with Crippen LogP contribution in [0, 0.1) is 0 Å². The van der Waals surface area contributed by atoms with E-state index in [1.54, 1.807) is 0 Å². The molecule has 0 N–H and O–H groups in total. The second-order valence-corrected chi connectivity index (χ2v) is 8.95. The molecule has 5 rings (SSSR count). The molecule has 0 spiro atoms. The van der Waals surface area contributed by atoms with Crippen LogP contribution in [0.2, 0.25) is 0 Å². The van der Waals surface area contributed by atoms with Crippen molar-refractivity contribution in [1.82, 2.24) is 9.13 Å². The molecule has 5 aromatic rings. The summed E-state index contributed by atoms with van der Waals surface area (Å²) in [5, 5.41) is 0. The SMILES string of the molecule is C[n+]1ccn(-c2cc(-n3cc[n+](C)c3Cc3ccccc3)cc(C(F)(F)F)c2)c1Cc1ccccc1.[I-].[I-]. The first kappa shape index (κ1) is 29.9. The molecule has 0 unspecified atom stereocenters. The van der Waals surface area contributed by atoms with Gasteiger partial charge in [0.05, 0.1) is 32.5 Å². The van der Waals surface area contributed by atoms with E-state index in [1.807, 2.05) is 124 Å². The Hall–Kier alpha value is -2.67. The lowest BCUT2D eigenvalue weighted by atomic mass is 10.1. The third-order valence-electron chi connectivity index (χ3n) is 6.45. The number of nitrogens with zero attached hydrogens (tertiary/aromatic N) is 4. The second-order valence-electron chi connectivity index (χ2n) is 8.95. The summed E-state index contributed by atoms with van der Waals surface area (Å²) in [6, 6.07) is 24.1. The molecule has 38 heavy (non-hydrogen) atoms. The lowest BCUT2D eigenvalue weighted by molar-refractivity contribution is -0.678. The van der Waals surface area contributed by atoms with E-state index >= 15 is 0 Å². The van der Waals surface area contributed by atoms with Crippen LogP contribution in [0.4, 0.5) is 13.2 Å². The summed E-state index contributed by atoms with van der Waals surface area (Å²) in [4.78, 5) is 0. The molecule has 0 atom stereocenters. The number of aromatic nitrogens is 4. The predicted octanol–water partition coefficient (Wildman–Crippen LogP) is -0.875. The van der Waals surface area contributed by atoms with E-state index in [0.717, 1.165) is 22.8 Å². The number of aryl methyl sites for hydroxylation is 2. The third kappa shape index (κ3) is 6.48. The number of halogens is 5. The van der Waals surface area contributed by atoms with Gasteiger partial charge in [0.1, 0.15) is 36.2 Å². The van der Waals surface area contributed by atoms with Crippen molar-refractivity contribution in [3.63, 3.8) is 0 Å². The number of imidazole rings is 2. The van der Waals surface area contributed by atoms with Gasteiger partial charge in [-0.3, -0.25) is 0 Å². The minimum absolute atomic E-state index is 0. The van der Waals surface area contributed by atoms with Gasteiger partial charge < -0.3 is 48.0 Å². The van der Waals surface area contributed by atoms with Crippen molar-refractivity contribution in [2.24, 2.45) is 14.1 Å². The van der Waals surface area contributed by atoms with E-state index in [9.17, 15) is 13.2 Å². The van der Waals surface area contributed by atoms with E-state index in [2.05, 4.69) is 0 Å². The molecule has 4 nitrogen and oxygen atoms in total. The van der Waals surface area contributed by atoms with E-state index in [-0.39, 0.29) is 48.0 Å². The maximum atomic E-state index is 14.1. The van der Waals surface area contributed by atoms with Crippen molar-refractivity contribution in [2.75, 3.05) is 0 Å². The monoisotopic (exact) mass is 742 g/mol. The first-order valence-corrected chi connectivity index (χ1v) is 11.7. The Labute approximate surface area is 254 Å². The van der Waals surface area contributed by atoms with Crippen LogP contribution >= 0.6 is 0 Å². The van der Waals surface area contributed by atoms with Crippen molar-refractivity contribution in [3.05, 3.63) is 132 Å². The molecule has 0 amide bonds. The molecule has 9 heteroatoms. The third-order valence-corrected chi connectivity index (χ3v) is 6.45. The Morgan fingerprint density at radius 1 is 0.632 bits per heavy atom. The molecule has 0 saturated carbocycles. The van der Waals surface area contributed by atoms with Gasteiger partial charge in [0.25, 0.3) is 11.6 Å². The van der Waals surface area contributed by atoms with Gasteiger partial charge in [-0.25, -0.2) is 9.13 Å². The molecular weight excluding hydrogens is 715 g/mol. The summed E-state index contributed by atoms with van der Waals surface area (Å²) < 4.78 is 49.7. The van der Waals surface area contributed by atoms with Gasteiger partial charge >= 0.3 is 6.18 Å². The number of hydrogen-bond acceptors (Lipinski definition) is 0. The zero-order chi connectivity index (χ0) is 25.3. The van der Waals surface area contributed by atoms with Gasteiger partial charge in [-0.05, 0) is 23.3 Å². The molecule has 2 heterocycles. The minimum Gasteiger partial charge on any atom is -1.00 e. The average Bonchev–Trinajstić information content (AvgIpc) is 3.42. The Kier molecular flexibility index (Phi) is 9.80. The summed E-state index contributed by atoms with van der Waals surface area (Å²) in [6.45, 7) is 0. The molecule has 198 valence electrons. The fourth-order valence-corrected chi connectivity index (χ4v) is 4.50. The van der Waals surface area contributed by atoms with Gasteiger partial charge in [-0.1, -0.05) is 60.7 Å². The van der Waals surface area contributed by atoms with E-state index in [0.29, 0.717) is 24.2 Å². The normalized spacial score (nSPS) is 11.1. The first-order valence-electron chi connectivity index (χ1n) is 11.7. The molecule has 3 aromatic carbocycles. The van der Waals surface area contributed by atoms with Gasteiger partial charge in [-0.2, -0.15) is 22.3 Å². The van der Waals surface area contributed by atoms with Crippen LogP contribution in [0.3, 0.4) is 0 Å². The molecule has 0 saturated heterocycles. The number of alkyl halides is 3. The maximum absolute atomic E-state index is 14.1. The Bertz CT molecular complexity index is 1390. The van der Waals surface area contributed by atoms with Crippen molar-refractivity contribution in [3.8, 4) is 11.4 Å². The molecule has 0 bridgehead atoms. The van der Waals surface area contributed by atoms with Crippen molar-refractivity contribution >= 4 is 0 Å². The summed E-state index contributed by atoms with van der Waals surface area (Å²) >= 11 is 0. The van der Waals surface area contributed by atoms with Gasteiger partial charge in [0.15, 0.2) is 0 Å². The molecule has 0 aliphatic carbocycles. The zero-order valence-corrected chi connectivity index (χ0v) is 25.2. The quantitative estimate of drug-likeness (QED) is 0.159. The molecule has 0 fully saturated rings. The minimum atomic E-state index is -4.48. The molecule has 0 aliphatic heterocycles. The van der Waals surface area contributed by atoms with Crippen LogP contribution < -0.4 is 57.1 Å². The topological polar surface area (TPSA) is 17.6 Å². The van der Waals surface area contributed by atoms with Crippen LogP contribution in [0.15, 0.2) is 104 Å². The van der Waals surface area contributed by atoms with Gasteiger partial charge in [0, 0.05) is 6.07 Å². The van der Waals surface area contributed by atoms with Crippen LogP contribution in [0.5, 0.6) is 0 Å². The summed E-state index contributed by atoms with van der Waals surface area (Å²) in [5.74, 6) is 1.77. The number of rotatable bonds is 6. The van der Waals surface area contributed by atoms with E-state index in [4.69, 9.17) is 0 Å². The highest BCUT2D eigenvalue weighted by Gasteiger charge is 2.34. The zero-order valence-electron chi connectivity index (χ0n) is 20.9. The fourth-order valence-electron chi connectivity index (χ4n) is 4.50. The molecule has 0 aliphatic rings. The Morgan fingerprint density at radius 3 is 1.39 bits per heavy atom. The van der Waals surface area contributed by atoms with Crippen molar-refractivity contribution < 1.29 is 70.3 Å². The maximum Gasteiger partial charge on any atom is 0.416 e. The fraction of sp³-hybridized carbons (Fsp3) is 0.172. The van der Waals surface area contributed by atoms with Gasteiger partial charge in [0.2, 0.25) is 0 Å². The lowest BCUT2D eigenvalue weighted by Gasteiger charge is -2.11. The summed E-state index contributed by atoms with van der Waals surface area (Å²) in [7, 11) is 3.82.